The van der Waals surface area contributed by atoms with Crippen LogP contribution in [-0.4, -0.2) is 44.8 Å². The molecule has 0 N–H and O–H groups in total. The van der Waals surface area contributed by atoms with E-state index in [0.717, 1.165) is 12.8 Å². The lowest BCUT2D eigenvalue weighted by molar-refractivity contribution is -0.132. The van der Waals surface area contributed by atoms with Gasteiger partial charge in [0.05, 0.1) is 18.4 Å². The van der Waals surface area contributed by atoms with E-state index in [0.29, 0.717) is 30.2 Å². The van der Waals surface area contributed by atoms with Crippen molar-refractivity contribution in [2.45, 2.75) is 32.3 Å². The zero-order chi connectivity index (χ0) is 18.6. The third-order valence-corrected chi connectivity index (χ3v) is 4.06. The molecule has 0 saturated carbocycles. The van der Waals surface area contributed by atoms with Gasteiger partial charge in [0.25, 0.3) is 5.91 Å². The van der Waals surface area contributed by atoms with Crippen LogP contribution in [-0.2, 0) is 14.3 Å². The van der Waals surface area contributed by atoms with E-state index in [1.807, 2.05) is 0 Å². The van der Waals surface area contributed by atoms with E-state index in [9.17, 15) is 9.59 Å². The van der Waals surface area contributed by atoms with Gasteiger partial charge in [-0.05, 0) is 38.8 Å². The van der Waals surface area contributed by atoms with Gasteiger partial charge in [0, 0.05) is 25.8 Å². The molecule has 0 unspecified atom stereocenters. The first-order chi connectivity index (χ1) is 11.9. The molecule has 1 amide bonds. The normalized spacial score (nSPS) is 15.2. The van der Waals surface area contributed by atoms with E-state index in [2.05, 4.69) is 5.92 Å². The summed E-state index contributed by atoms with van der Waals surface area (Å²) in [5.74, 6) is 2.24. The van der Waals surface area contributed by atoms with Gasteiger partial charge < -0.3 is 19.1 Å². The molecule has 2 rings (SSSR count). The number of anilines is 1. The van der Waals surface area contributed by atoms with Crippen molar-refractivity contribution in [2.24, 2.45) is 0 Å². The van der Waals surface area contributed by atoms with E-state index < -0.39 is 11.6 Å². The van der Waals surface area contributed by atoms with Gasteiger partial charge in [-0.25, -0.2) is 4.79 Å². The van der Waals surface area contributed by atoms with Crippen LogP contribution < -0.4 is 9.64 Å². The lowest BCUT2D eigenvalue weighted by Crippen LogP contribution is -2.52. The number of carbonyl (C=O) groups excluding carboxylic acids is 2. The number of ether oxygens (including phenoxy) is 3. The molecule has 0 aliphatic carbocycles. The highest BCUT2D eigenvalue weighted by Crippen LogP contribution is 2.40. The van der Waals surface area contributed by atoms with Crippen LogP contribution in [0.4, 0.5) is 5.69 Å². The fraction of sp³-hybridized carbons (Fsp3) is 0.474. The van der Waals surface area contributed by atoms with Crippen LogP contribution in [0.3, 0.4) is 0 Å². The van der Waals surface area contributed by atoms with Crippen LogP contribution in [0.5, 0.6) is 5.75 Å². The second-order valence-electron chi connectivity index (χ2n) is 6.27. The van der Waals surface area contributed by atoms with Crippen molar-refractivity contribution in [3.05, 3.63) is 23.3 Å². The van der Waals surface area contributed by atoms with Gasteiger partial charge in [0.1, 0.15) is 5.75 Å². The van der Waals surface area contributed by atoms with Crippen LogP contribution in [0.25, 0.3) is 0 Å². The predicted octanol–water partition coefficient (Wildman–Crippen LogP) is 2.39. The van der Waals surface area contributed by atoms with Crippen molar-refractivity contribution >= 4 is 17.6 Å². The molecule has 1 aromatic carbocycles. The average Bonchev–Trinajstić information content (AvgIpc) is 2.59. The van der Waals surface area contributed by atoms with Crippen molar-refractivity contribution < 1.29 is 23.8 Å². The highest BCUT2D eigenvalue weighted by Gasteiger charge is 2.41. The number of benzene rings is 1. The highest BCUT2D eigenvalue weighted by molar-refractivity contribution is 6.04. The number of rotatable bonds is 6. The molecule has 1 aromatic rings. The summed E-state index contributed by atoms with van der Waals surface area (Å²) in [4.78, 5) is 26.4. The Bertz CT molecular complexity index is 717. The van der Waals surface area contributed by atoms with E-state index >= 15 is 0 Å². The van der Waals surface area contributed by atoms with E-state index in [1.165, 1.54) is 7.11 Å². The molecule has 1 aliphatic rings. The van der Waals surface area contributed by atoms with Gasteiger partial charge in [-0.3, -0.25) is 4.79 Å². The lowest BCUT2D eigenvalue weighted by Gasteiger charge is -2.39. The molecular weight excluding hydrogens is 322 g/mol. The van der Waals surface area contributed by atoms with E-state index in [1.54, 1.807) is 38.0 Å². The maximum Gasteiger partial charge on any atom is 0.339 e. The minimum atomic E-state index is -1.01. The number of hydrogen-bond donors (Lipinski definition) is 0. The van der Waals surface area contributed by atoms with Gasteiger partial charge in [-0.2, -0.15) is 0 Å². The molecule has 25 heavy (non-hydrogen) atoms. The fourth-order valence-electron chi connectivity index (χ4n) is 2.75. The zero-order valence-electron chi connectivity index (χ0n) is 15.0. The van der Waals surface area contributed by atoms with Gasteiger partial charge in [0.2, 0.25) is 0 Å². The first kappa shape index (κ1) is 18.8. The maximum atomic E-state index is 12.8. The third kappa shape index (κ3) is 3.77. The molecule has 6 heteroatoms. The molecule has 0 atom stereocenters. The minimum absolute atomic E-state index is 0.165. The zero-order valence-corrected chi connectivity index (χ0v) is 15.0. The number of nitrogens with zero attached hydrogens (tertiary/aromatic N) is 1. The fourth-order valence-corrected chi connectivity index (χ4v) is 2.75. The second kappa shape index (κ2) is 7.58. The Kier molecular flexibility index (Phi) is 5.70. The lowest BCUT2D eigenvalue weighted by atomic mass is 9.99. The Balaban J connectivity index is 2.46. The second-order valence-corrected chi connectivity index (χ2v) is 6.27. The Labute approximate surface area is 148 Å². The Morgan fingerprint density at radius 2 is 2.04 bits per heavy atom. The molecule has 1 aliphatic heterocycles. The van der Waals surface area contributed by atoms with Crippen LogP contribution in [0.2, 0.25) is 0 Å². The quantitative estimate of drug-likeness (QED) is 0.450. The standard InChI is InChI=1S/C19H23NO5/c1-6-13-11-16-15(12-14(13)17(21)24-5)20(9-7-8-10-23-4)18(22)19(2,3)25-16/h1,11-12H,7-10H2,2-5H3. The SMILES string of the molecule is C#Cc1cc2c(cc1C(=O)OC)N(CCCCOC)C(=O)C(C)(C)O2. The van der Waals surface area contributed by atoms with E-state index in [4.69, 9.17) is 20.6 Å². The van der Waals surface area contributed by atoms with Crippen LogP contribution >= 0.6 is 0 Å². The van der Waals surface area contributed by atoms with Gasteiger partial charge in [-0.15, -0.1) is 6.42 Å². The summed E-state index contributed by atoms with van der Waals surface area (Å²) in [6.45, 7) is 4.55. The van der Waals surface area contributed by atoms with Crippen LogP contribution in [0.1, 0.15) is 42.6 Å². The number of amides is 1. The summed E-state index contributed by atoms with van der Waals surface area (Å²) < 4.78 is 15.7. The largest absolute Gasteiger partial charge is 0.476 e. The number of esters is 1. The maximum absolute atomic E-state index is 12.8. The van der Waals surface area contributed by atoms with Crippen molar-refractivity contribution in [2.75, 3.05) is 32.3 Å². The summed E-state index contributed by atoms with van der Waals surface area (Å²) in [5, 5.41) is 0. The minimum Gasteiger partial charge on any atom is -0.476 e. The number of carbonyl (C=O) groups is 2. The average molecular weight is 345 g/mol. The van der Waals surface area contributed by atoms with Crippen LogP contribution in [0, 0.1) is 12.3 Å². The molecule has 0 spiro atoms. The number of terminal acetylenes is 1. The molecule has 134 valence electrons. The Hall–Kier alpha value is -2.52. The number of fused-ring (bicyclic) bond motifs is 1. The highest BCUT2D eigenvalue weighted by atomic mass is 16.5. The first-order valence-electron chi connectivity index (χ1n) is 8.08. The molecule has 0 bridgehead atoms. The van der Waals surface area contributed by atoms with Crippen molar-refractivity contribution in [3.63, 3.8) is 0 Å². The molecule has 6 nitrogen and oxygen atoms in total. The molecule has 0 aromatic heterocycles. The Morgan fingerprint density at radius 3 is 2.64 bits per heavy atom. The smallest absolute Gasteiger partial charge is 0.339 e. The summed E-state index contributed by atoms with van der Waals surface area (Å²) >= 11 is 0. The molecular formula is C19H23NO5. The van der Waals surface area contributed by atoms with Gasteiger partial charge in [-0.1, -0.05) is 5.92 Å². The van der Waals surface area contributed by atoms with E-state index in [-0.39, 0.29) is 11.5 Å². The Morgan fingerprint density at radius 1 is 1.32 bits per heavy atom. The van der Waals surface area contributed by atoms with Crippen molar-refractivity contribution in [3.8, 4) is 18.1 Å². The first-order valence-corrected chi connectivity index (χ1v) is 8.08. The molecule has 0 radical (unpaired) electrons. The van der Waals surface area contributed by atoms with Gasteiger partial charge >= 0.3 is 5.97 Å². The monoisotopic (exact) mass is 345 g/mol. The van der Waals surface area contributed by atoms with Crippen molar-refractivity contribution in [1.29, 1.82) is 0 Å². The van der Waals surface area contributed by atoms with Crippen LogP contribution in [0.15, 0.2) is 12.1 Å². The summed E-state index contributed by atoms with van der Waals surface area (Å²) in [5.41, 5.74) is 0.130. The third-order valence-electron chi connectivity index (χ3n) is 4.06. The summed E-state index contributed by atoms with van der Waals surface area (Å²) in [6, 6.07) is 3.18. The molecule has 0 saturated heterocycles. The van der Waals surface area contributed by atoms with Gasteiger partial charge in [0.15, 0.2) is 5.60 Å². The van der Waals surface area contributed by atoms with Crippen molar-refractivity contribution in [1.82, 2.24) is 0 Å². The topological polar surface area (TPSA) is 65.1 Å². The predicted molar refractivity (Wildman–Crippen MR) is 93.9 cm³/mol. The molecule has 1 heterocycles. The summed E-state index contributed by atoms with van der Waals surface area (Å²) in [6.07, 6.45) is 7.10. The number of hydrogen-bond acceptors (Lipinski definition) is 5. The number of unbranched alkanes of at least 4 members (excludes halogenated alkanes) is 1. The summed E-state index contributed by atoms with van der Waals surface area (Å²) in [7, 11) is 2.93. The number of methoxy groups -OCH3 is 2. The molecule has 0 fully saturated rings.